The van der Waals surface area contributed by atoms with Gasteiger partial charge in [0.2, 0.25) is 0 Å². The lowest BCUT2D eigenvalue weighted by molar-refractivity contribution is -0.142. The van der Waals surface area contributed by atoms with Gasteiger partial charge in [-0.2, -0.15) is 5.10 Å². The van der Waals surface area contributed by atoms with Crippen LogP contribution >= 0.6 is 0 Å². The first kappa shape index (κ1) is 14.7. The molecule has 1 N–H and O–H groups in total. The molecule has 22 heavy (non-hydrogen) atoms. The van der Waals surface area contributed by atoms with Crippen LogP contribution in [0.1, 0.15) is 11.4 Å². The van der Waals surface area contributed by atoms with Crippen LogP contribution in [0.3, 0.4) is 0 Å². The van der Waals surface area contributed by atoms with Crippen molar-refractivity contribution in [2.45, 2.75) is 20.0 Å². The number of ether oxygens (including phenoxy) is 2. The third-order valence-corrected chi connectivity index (χ3v) is 3.50. The second-order valence-corrected chi connectivity index (χ2v) is 5.31. The van der Waals surface area contributed by atoms with Gasteiger partial charge in [-0.25, -0.2) is 4.68 Å². The summed E-state index contributed by atoms with van der Waals surface area (Å²) in [5.41, 5.74) is 3.73. The van der Waals surface area contributed by atoms with E-state index in [1.165, 1.54) is 0 Å². The molecule has 0 radical (unpaired) electrons. The second kappa shape index (κ2) is 6.29. The van der Waals surface area contributed by atoms with Crippen LogP contribution in [0.25, 0.3) is 5.69 Å². The number of hydrogen-bond donors (Lipinski definition) is 1. The molecule has 0 spiro atoms. The summed E-state index contributed by atoms with van der Waals surface area (Å²) >= 11 is 0. The maximum Gasteiger partial charge on any atom is 0.255 e. The van der Waals surface area contributed by atoms with Crippen molar-refractivity contribution in [3.63, 3.8) is 0 Å². The van der Waals surface area contributed by atoms with Gasteiger partial charge < -0.3 is 14.8 Å². The van der Waals surface area contributed by atoms with Gasteiger partial charge in [0.25, 0.3) is 5.91 Å². The number of hydrogen-bond acceptors (Lipinski definition) is 4. The SMILES string of the molecule is Cc1cc(C)n(-c2ccc(NC(=O)[C@H]3COCCO3)cc2)n1. The molecule has 1 aromatic carbocycles. The second-order valence-electron chi connectivity index (χ2n) is 5.31. The minimum absolute atomic E-state index is 0.182. The Balaban J connectivity index is 1.69. The Labute approximate surface area is 129 Å². The van der Waals surface area contributed by atoms with E-state index in [0.29, 0.717) is 19.8 Å². The average Bonchev–Trinajstić information content (AvgIpc) is 2.87. The lowest BCUT2D eigenvalue weighted by atomic mass is 10.2. The van der Waals surface area contributed by atoms with Crippen molar-refractivity contribution in [3.05, 3.63) is 41.7 Å². The van der Waals surface area contributed by atoms with E-state index in [-0.39, 0.29) is 5.91 Å². The monoisotopic (exact) mass is 301 g/mol. The Morgan fingerprint density at radius 2 is 2.05 bits per heavy atom. The highest BCUT2D eigenvalue weighted by atomic mass is 16.6. The van der Waals surface area contributed by atoms with Crippen molar-refractivity contribution in [1.29, 1.82) is 0 Å². The quantitative estimate of drug-likeness (QED) is 0.939. The number of nitrogens with zero attached hydrogens (tertiary/aromatic N) is 2. The van der Waals surface area contributed by atoms with E-state index >= 15 is 0 Å². The van der Waals surface area contributed by atoms with Crippen LogP contribution in [-0.4, -0.2) is 41.6 Å². The van der Waals surface area contributed by atoms with E-state index in [9.17, 15) is 4.79 Å². The number of amides is 1. The summed E-state index contributed by atoms with van der Waals surface area (Å²) in [5.74, 6) is -0.182. The molecule has 2 heterocycles. The zero-order valence-electron chi connectivity index (χ0n) is 12.7. The average molecular weight is 301 g/mol. The van der Waals surface area contributed by atoms with Gasteiger partial charge in [-0.05, 0) is 44.2 Å². The highest BCUT2D eigenvalue weighted by molar-refractivity contribution is 5.94. The van der Waals surface area contributed by atoms with Gasteiger partial charge >= 0.3 is 0 Å². The fourth-order valence-corrected chi connectivity index (χ4v) is 2.44. The molecule has 6 nitrogen and oxygen atoms in total. The summed E-state index contributed by atoms with van der Waals surface area (Å²) in [7, 11) is 0. The molecule has 0 bridgehead atoms. The van der Waals surface area contributed by atoms with Crippen LogP contribution in [0, 0.1) is 13.8 Å². The molecular formula is C16H19N3O3. The van der Waals surface area contributed by atoms with E-state index in [2.05, 4.69) is 10.4 Å². The fourth-order valence-electron chi connectivity index (χ4n) is 2.44. The minimum Gasteiger partial charge on any atom is -0.376 e. The van der Waals surface area contributed by atoms with E-state index in [0.717, 1.165) is 22.8 Å². The van der Waals surface area contributed by atoms with Gasteiger partial charge in [0.15, 0.2) is 6.10 Å². The summed E-state index contributed by atoms with van der Waals surface area (Å²) in [6.07, 6.45) is -0.538. The predicted octanol–water partition coefficient (Wildman–Crippen LogP) is 1.84. The maximum atomic E-state index is 12.0. The number of aryl methyl sites for hydroxylation is 2. The molecule has 116 valence electrons. The van der Waals surface area contributed by atoms with Crippen molar-refractivity contribution in [2.24, 2.45) is 0 Å². The number of aromatic nitrogens is 2. The first-order valence-corrected chi connectivity index (χ1v) is 7.27. The lowest BCUT2D eigenvalue weighted by Crippen LogP contribution is -2.39. The molecule has 6 heteroatoms. The van der Waals surface area contributed by atoms with Crippen molar-refractivity contribution in [3.8, 4) is 5.69 Å². The van der Waals surface area contributed by atoms with Crippen LogP contribution < -0.4 is 5.32 Å². The minimum atomic E-state index is -0.538. The standard InChI is InChI=1S/C16H19N3O3/c1-11-9-12(2)19(18-11)14-5-3-13(4-6-14)17-16(20)15-10-21-7-8-22-15/h3-6,9,15H,7-8,10H2,1-2H3,(H,17,20)/t15-/m1/s1. The number of nitrogens with one attached hydrogen (secondary N) is 1. The normalized spacial score (nSPS) is 18.2. The van der Waals surface area contributed by atoms with Crippen LogP contribution in [-0.2, 0) is 14.3 Å². The molecule has 1 saturated heterocycles. The van der Waals surface area contributed by atoms with E-state index < -0.39 is 6.10 Å². The lowest BCUT2D eigenvalue weighted by Gasteiger charge is -2.22. The number of carbonyl (C=O) groups is 1. The van der Waals surface area contributed by atoms with Crippen LogP contribution in [0.4, 0.5) is 5.69 Å². The van der Waals surface area contributed by atoms with Crippen LogP contribution in [0.15, 0.2) is 30.3 Å². The Bertz CT molecular complexity index is 658. The highest BCUT2D eigenvalue weighted by Gasteiger charge is 2.22. The molecule has 1 aromatic heterocycles. The van der Waals surface area contributed by atoms with Crippen LogP contribution in [0.5, 0.6) is 0 Å². The molecule has 0 aliphatic carbocycles. The first-order valence-electron chi connectivity index (χ1n) is 7.27. The van der Waals surface area contributed by atoms with Gasteiger partial charge in [-0.1, -0.05) is 0 Å². The Hall–Kier alpha value is -2.18. The summed E-state index contributed by atoms with van der Waals surface area (Å²) in [6, 6.07) is 9.58. The van der Waals surface area contributed by atoms with Gasteiger partial charge in [0.1, 0.15) is 0 Å². The van der Waals surface area contributed by atoms with Crippen molar-refractivity contribution < 1.29 is 14.3 Å². The molecular weight excluding hydrogens is 282 g/mol. The maximum absolute atomic E-state index is 12.0. The molecule has 2 aromatic rings. The number of carbonyl (C=O) groups excluding carboxylic acids is 1. The van der Waals surface area contributed by atoms with Crippen LogP contribution in [0.2, 0.25) is 0 Å². The zero-order valence-corrected chi connectivity index (χ0v) is 12.7. The molecule has 0 unspecified atom stereocenters. The van der Waals surface area contributed by atoms with E-state index in [4.69, 9.17) is 9.47 Å². The smallest absolute Gasteiger partial charge is 0.255 e. The highest BCUT2D eigenvalue weighted by Crippen LogP contribution is 2.16. The third kappa shape index (κ3) is 3.18. The predicted molar refractivity (Wildman–Crippen MR) is 82.2 cm³/mol. The largest absolute Gasteiger partial charge is 0.376 e. The van der Waals surface area contributed by atoms with Crippen molar-refractivity contribution >= 4 is 11.6 Å². The molecule has 1 fully saturated rings. The number of benzene rings is 1. The first-order chi connectivity index (χ1) is 10.6. The molecule has 1 aliphatic heterocycles. The fraction of sp³-hybridized carbons (Fsp3) is 0.375. The van der Waals surface area contributed by atoms with Gasteiger partial charge in [-0.15, -0.1) is 0 Å². The molecule has 1 amide bonds. The molecule has 1 atom stereocenters. The zero-order chi connectivity index (χ0) is 15.5. The van der Waals surface area contributed by atoms with Crippen molar-refractivity contribution in [1.82, 2.24) is 9.78 Å². The third-order valence-electron chi connectivity index (χ3n) is 3.50. The van der Waals surface area contributed by atoms with Gasteiger partial charge in [-0.3, -0.25) is 4.79 Å². The number of anilines is 1. The summed E-state index contributed by atoms with van der Waals surface area (Å²) in [4.78, 5) is 12.0. The Kier molecular flexibility index (Phi) is 4.22. The van der Waals surface area contributed by atoms with E-state index in [1.54, 1.807) is 0 Å². The Morgan fingerprint density at radius 3 is 2.64 bits per heavy atom. The summed E-state index contributed by atoms with van der Waals surface area (Å²) < 4.78 is 12.5. The van der Waals surface area contributed by atoms with Gasteiger partial charge in [0, 0.05) is 11.4 Å². The summed E-state index contributed by atoms with van der Waals surface area (Å²) in [6.45, 7) is 5.27. The molecule has 3 rings (SSSR count). The summed E-state index contributed by atoms with van der Waals surface area (Å²) in [5, 5.41) is 7.27. The van der Waals surface area contributed by atoms with Crippen molar-refractivity contribution in [2.75, 3.05) is 25.1 Å². The number of rotatable bonds is 3. The molecule has 1 aliphatic rings. The Morgan fingerprint density at radius 1 is 1.27 bits per heavy atom. The van der Waals surface area contributed by atoms with Gasteiger partial charge in [0.05, 0.1) is 31.2 Å². The topological polar surface area (TPSA) is 65.4 Å². The molecule has 0 saturated carbocycles. The van der Waals surface area contributed by atoms with E-state index in [1.807, 2.05) is 48.9 Å².